The maximum absolute atomic E-state index is 12.7. The van der Waals surface area contributed by atoms with Gasteiger partial charge in [0.2, 0.25) is 11.8 Å². The maximum Gasteiger partial charge on any atom is 0.229 e. The molecule has 1 aliphatic heterocycles. The fourth-order valence-electron chi connectivity index (χ4n) is 3.47. The van der Waals surface area contributed by atoms with Crippen LogP contribution >= 0.6 is 15.9 Å². The number of nitrogens with one attached hydrogen (secondary N) is 1. The second kappa shape index (κ2) is 8.71. The highest BCUT2D eigenvalue weighted by atomic mass is 79.9. The van der Waals surface area contributed by atoms with Crippen molar-refractivity contribution >= 4 is 39.1 Å². The lowest BCUT2D eigenvalue weighted by Crippen LogP contribution is -2.28. The summed E-state index contributed by atoms with van der Waals surface area (Å²) in [5.41, 5.74) is 2.56. The number of ether oxygens (including phenoxy) is 1. The summed E-state index contributed by atoms with van der Waals surface area (Å²) in [6.45, 7) is 2.36. The minimum absolute atomic E-state index is 0.0253. The molecule has 30 heavy (non-hydrogen) atoms. The standard InChI is InChI=1S/C24H21BrN2O3/c1-16-4-2-3-5-22(16)27-15-17(14-23(27)28)24(29)26-19-8-12-21(13-9-19)30-20-10-6-18(25)7-11-20/h2-13,17H,14-15H2,1H3,(H,26,29)/t17-/m1/s1. The fourth-order valence-corrected chi connectivity index (χ4v) is 3.74. The van der Waals surface area contributed by atoms with Crippen molar-refractivity contribution in [3.8, 4) is 11.5 Å². The molecule has 2 amide bonds. The van der Waals surface area contributed by atoms with Crippen molar-refractivity contribution in [2.75, 3.05) is 16.8 Å². The minimum atomic E-state index is -0.379. The molecule has 1 heterocycles. The zero-order valence-electron chi connectivity index (χ0n) is 16.5. The number of hydrogen-bond acceptors (Lipinski definition) is 3. The summed E-state index contributed by atoms with van der Waals surface area (Å²) in [5, 5.41) is 2.91. The topological polar surface area (TPSA) is 58.6 Å². The van der Waals surface area contributed by atoms with E-state index in [1.165, 1.54) is 0 Å². The van der Waals surface area contributed by atoms with E-state index in [1.807, 2.05) is 55.5 Å². The second-order valence-corrected chi connectivity index (χ2v) is 8.18. The Morgan fingerprint density at radius 2 is 1.63 bits per heavy atom. The zero-order valence-corrected chi connectivity index (χ0v) is 18.1. The number of rotatable bonds is 5. The van der Waals surface area contributed by atoms with E-state index in [4.69, 9.17) is 4.74 Å². The van der Waals surface area contributed by atoms with Gasteiger partial charge in [-0.25, -0.2) is 0 Å². The molecule has 3 aromatic carbocycles. The van der Waals surface area contributed by atoms with Crippen LogP contribution in [-0.2, 0) is 9.59 Å². The van der Waals surface area contributed by atoms with Crippen LogP contribution in [0.4, 0.5) is 11.4 Å². The number of halogens is 1. The van der Waals surface area contributed by atoms with E-state index in [2.05, 4.69) is 21.2 Å². The molecule has 1 fully saturated rings. The molecule has 5 nitrogen and oxygen atoms in total. The lowest BCUT2D eigenvalue weighted by atomic mass is 10.1. The monoisotopic (exact) mass is 464 g/mol. The van der Waals surface area contributed by atoms with Gasteiger partial charge < -0.3 is 15.0 Å². The summed E-state index contributed by atoms with van der Waals surface area (Å²) in [5.74, 6) is 0.854. The van der Waals surface area contributed by atoms with Gasteiger partial charge in [0, 0.05) is 28.8 Å². The Labute approximate surface area is 183 Å². The first kappa shape index (κ1) is 20.2. The van der Waals surface area contributed by atoms with E-state index in [9.17, 15) is 9.59 Å². The second-order valence-electron chi connectivity index (χ2n) is 7.26. The summed E-state index contributed by atoms with van der Waals surface area (Å²) in [7, 11) is 0. The number of anilines is 2. The van der Waals surface area contributed by atoms with Gasteiger partial charge in [0.25, 0.3) is 0 Å². The number of hydrogen-bond donors (Lipinski definition) is 1. The van der Waals surface area contributed by atoms with Crippen molar-refractivity contribution in [3.63, 3.8) is 0 Å². The number of carbonyl (C=O) groups excluding carboxylic acids is 2. The summed E-state index contributed by atoms with van der Waals surface area (Å²) < 4.78 is 6.78. The first-order chi connectivity index (χ1) is 14.5. The number of para-hydroxylation sites is 1. The number of nitrogens with zero attached hydrogens (tertiary/aromatic N) is 1. The summed E-state index contributed by atoms with van der Waals surface area (Å²) >= 11 is 3.40. The van der Waals surface area contributed by atoms with Crippen molar-refractivity contribution in [2.24, 2.45) is 5.92 Å². The van der Waals surface area contributed by atoms with Crippen LogP contribution in [0.15, 0.2) is 77.3 Å². The van der Waals surface area contributed by atoms with Crippen LogP contribution in [0.25, 0.3) is 0 Å². The average Bonchev–Trinajstić information content (AvgIpc) is 3.13. The molecule has 0 bridgehead atoms. The van der Waals surface area contributed by atoms with Gasteiger partial charge in [-0.15, -0.1) is 0 Å². The fraction of sp³-hybridized carbons (Fsp3) is 0.167. The van der Waals surface area contributed by atoms with Crippen LogP contribution < -0.4 is 15.0 Å². The number of amides is 2. The normalized spacial score (nSPS) is 15.9. The molecule has 1 aliphatic rings. The Morgan fingerprint density at radius 1 is 1.00 bits per heavy atom. The molecule has 0 aromatic heterocycles. The van der Waals surface area contributed by atoms with Crippen LogP contribution in [0, 0.1) is 12.8 Å². The Balaban J connectivity index is 1.37. The van der Waals surface area contributed by atoms with Crippen LogP contribution in [0.2, 0.25) is 0 Å². The molecular weight excluding hydrogens is 444 g/mol. The van der Waals surface area contributed by atoms with Gasteiger partial charge in [0.1, 0.15) is 11.5 Å². The SMILES string of the molecule is Cc1ccccc1N1C[C@H](C(=O)Nc2ccc(Oc3ccc(Br)cc3)cc2)CC1=O. The average molecular weight is 465 g/mol. The van der Waals surface area contributed by atoms with Gasteiger partial charge in [-0.3, -0.25) is 9.59 Å². The van der Waals surface area contributed by atoms with Crippen LogP contribution in [0.3, 0.4) is 0 Å². The number of aryl methyl sites for hydroxylation is 1. The number of carbonyl (C=O) groups is 2. The molecule has 6 heteroatoms. The summed E-state index contributed by atoms with van der Waals surface area (Å²) in [6.07, 6.45) is 0.213. The van der Waals surface area contributed by atoms with E-state index in [0.717, 1.165) is 21.5 Å². The first-order valence-electron chi connectivity index (χ1n) is 9.70. The van der Waals surface area contributed by atoms with Crippen molar-refractivity contribution in [3.05, 3.63) is 82.8 Å². The van der Waals surface area contributed by atoms with E-state index in [-0.39, 0.29) is 24.2 Å². The predicted octanol–water partition coefficient (Wildman–Crippen LogP) is 5.54. The molecule has 3 aromatic rings. The van der Waals surface area contributed by atoms with E-state index in [1.54, 1.807) is 29.2 Å². The quantitative estimate of drug-likeness (QED) is 0.538. The zero-order chi connectivity index (χ0) is 21.1. The van der Waals surface area contributed by atoms with Gasteiger partial charge in [0.05, 0.1) is 5.92 Å². The van der Waals surface area contributed by atoms with E-state index < -0.39 is 0 Å². The number of benzene rings is 3. The van der Waals surface area contributed by atoms with Gasteiger partial charge in [-0.05, 0) is 67.1 Å². The van der Waals surface area contributed by atoms with Crippen LogP contribution in [0.5, 0.6) is 11.5 Å². The Morgan fingerprint density at radius 3 is 2.30 bits per heavy atom. The van der Waals surface area contributed by atoms with Crippen molar-refractivity contribution in [2.45, 2.75) is 13.3 Å². The highest BCUT2D eigenvalue weighted by molar-refractivity contribution is 9.10. The molecule has 1 atom stereocenters. The van der Waals surface area contributed by atoms with Gasteiger partial charge in [0.15, 0.2) is 0 Å². The predicted molar refractivity (Wildman–Crippen MR) is 121 cm³/mol. The smallest absolute Gasteiger partial charge is 0.229 e. The maximum atomic E-state index is 12.7. The molecular formula is C24H21BrN2O3. The molecule has 1 N–H and O–H groups in total. The molecule has 0 spiro atoms. The largest absolute Gasteiger partial charge is 0.457 e. The van der Waals surface area contributed by atoms with E-state index in [0.29, 0.717) is 18.0 Å². The van der Waals surface area contributed by atoms with Crippen molar-refractivity contribution < 1.29 is 14.3 Å². The minimum Gasteiger partial charge on any atom is -0.457 e. The highest BCUT2D eigenvalue weighted by Gasteiger charge is 2.35. The molecule has 1 saturated heterocycles. The lowest BCUT2D eigenvalue weighted by Gasteiger charge is -2.19. The van der Waals surface area contributed by atoms with Crippen LogP contribution in [0.1, 0.15) is 12.0 Å². The Hall–Kier alpha value is -3.12. The molecule has 4 rings (SSSR count). The van der Waals surface area contributed by atoms with Crippen molar-refractivity contribution in [1.82, 2.24) is 0 Å². The molecule has 0 aliphatic carbocycles. The lowest BCUT2D eigenvalue weighted by molar-refractivity contribution is -0.122. The Kier molecular flexibility index (Phi) is 5.86. The third-order valence-electron chi connectivity index (χ3n) is 5.07. The summed E-state index contributed by atoms with van der Waals surface area (Å²) in [6, 6.07) is 22.5. The first-order valence-corrected chi connectivity index (χ1v) is 10.5. The van der Waals surface area contributed by atoms with Gasteiger partial charge in [-0.2, -0.15) is 0 Å². The Bertz CT molecular complexity index is 1060. The summed E-state index contributed by atoms with van der Waals surface area (Å²) in [4.78, 5) is 26.9. The molecule has 0 saturated carbocycles. The third-order valence-corrected chi connectivity index (χ3v) is 5.60. The van der Waals surface area contributed by atoms with E-state index >= 15 is 0 Å². The van der Waals surface area contributed by atoms with Gasteiger partial charge >= 0.3 is 0 Å². The molecule has 0 unspecified atom stereocenters. The van der Waals surface area contributed by atoms with Gasteiger partial charge in [-0.1, -0.05) is 34.1 Å². The molecule has 152 valence electrons. The van der Waals surface area contributed by atoms with Crippen LogP contribution in [-0.4, -0.2) is 18.4 Å². The molecule has 0 radical (unpaired) electrons. The highest BCUT2D eigenvalue weighted by Crippen LogP contribution is 2.29. The van der Waals surface area contributed by atoms with Crippen molar-refractivity contribution in [1.29, 1.82) is 0 Å². The third kappa shape index (κ3) is 4.54.